The maximum atomic E-state index is 13.4. The van der Waals surface area contributed by atoms with Crippen LogP contribution in [0.5, 0.6) is 0 Å². The van der Waals surface area contributed by atoms with Crippen molar-refractivity contribution in [1.29, 1.82) is 0 Å². The average Bonchev–Trinajstić information content (AvgIpc) is 2.80. The van der Waals surface area contributed by atoms with Crippen LogP contribution in [-0.4, -0.2) is 38.4 Å². The van der Waals surface area contributed by atoms with Gasteiger partial charge in [-0.15, -0.1) is 0 Å². The maximum Gasteiger partial charge on any atom is 0.264 e. The molecule has 2 aromatic rings. The van der Waals surface area contributed by atoms with Gasteiger partial charge >= 0.3 is 0 Å². The van der Waals surface area contributed by atoms with Crippen LogP contribution in [0.25, 0.3) is 0 Å². The first-order valence-electron chi connectivity index (χ1n) is 11.1. The van der Waals surface area contributed by atoms with Gasteiger partial charge in [-0.1, -0.05) is 55.1 Å². The highest BCUT2D eigenvalue weighted by Gasteiger charge is 2.28. The van der Waals surface area contributed by atoms with Gasteiger partial charge in [-0.3, -0.25) is 9.10 Å². The summed E-state index contributed by atoms with van der Waals surface area (Å²) in [5.74, 6) is 0.677. The molecule has 0 saturated heterocycles. The Kier molecular flexibility index (Phi) is 9.32. The minimum absolute atomic E-state index is 0.135. The summed E-state index contributed by atoms with van der Waals surface area (Å²) in [6.07, 6.45) is 7.45. The zero-order chi connectivity index (χ0) is 23.0. The lowest BCUT2D eigenvalue weighted by molar-refractivity contribution is -0.119. The first-order valence-corrected chi connectivity index (χ1v) is 14.0. The van der Waals surface area contributed by atoms with E-state index in [4.69, 9.17) is 11.6 Å². The number of carbonyl (C=O) groups excluding carboxylic acids is 1. The number of nitrogens with one attached hydrogen (secondary N) is 1. The van der Waals surface area contributed by atoms with Gasteiger partial charge in [-0.25, -0.2) is 8.42 Å². The first kappa shape index (κ1) is 24.9. The van der Waals surface area contributed by atoms with Crippen LogP contribution in [0.2, 0.25) is 5.02 Å². The lowest BCUT2D eigenvalue weighted by Crippen LogP contribution is -2.41. The number of benzene rings is 2. The molecule has 1 amide bonds. The molecule has 0 aromatic heterocycles. The van der Waals surface area contributed by atoms with Crippen LogP contribution >= 0.6 is 23.4 Å². The number of hydrogen-bond acceptors (Lipinski definition) is 4. The average molecular weight is 495 g/mol. The van der Waals surface area contributed by atoms with Gasteiger partial charge in [0.05, 0.1) is 10.6 Å². The van der Waals surface area contributed by atoms with Crippen molar-refractivity contribution in [3.8, 4) is 0 Å². The largest absolute Gasteiger partial charge is 0.354 e. The molecule has 8 heteroatoms. The fourth-order valence-corrected chi connectivity index (χ4v) is 6.83. The Bertz CT molecular complexity index is 994. The third kappa shape index (κ3) is 6.65. The number of carbonyl (C=O) groups is 1. The van der Waals surface area contributed by atoms with E-state index < -0.39 is 10.0 Å². The third-order valence-corrected chi connectivity index (χ3v) is 9.33. The molecule has 0 aliphatic heterocycles. The molecule has 174 valence electrons. The number of amides is 1. The Hall–Kier alpha value is -1.70. The molecule has 0 heterocycles. The fourth-order valence-electron chi connectivity index (χ4n) is 3.85. The fraction of sp³-hybridized carbons (Fsp3) is 0.458. The summed E-state index contributed by atoms with van der Waals surface area (Å²) < 4.78 is 27.9. The van der Waals surface area contributed by atoms with E-state index in [0.717, 1.165) is 21.7 Å². The molecule has 1 aliphatic carbocycles. The van der Waals surface area contributed by atoms with E-state index in [9.17, 15) is 13.2 Å². The highest BCUT2D eigenvalue weighted by molar-refractivity contribution is 7.99. The monoisotopic (exact) mass is 494 g/mol. The smallest absolute Gasteiger partial charge is 0.264 e. The second-order valence-electron chi connectivity index (χ2n) is 8.04. The Labute approximate surface area is 201 Å². The number of nitrogens with zero attached hydrogens (tertiary/aromatic N) is 1. The molecule has 32 heavy (non-hydrogen) atoms. The summed E-state index contributed by atoms with van der Waals surface area (Å²) in [7, 11) is -3.93. The van der Waals surface area contributed by atoms with Crippen LogP contribution in [0.4, 0.5) is 5.69 Å². The van der Waals surface area contributed by atoms with Crippen LogP contribution in [0.3, 0.4) is 0 Å². The summed E-state index contributed by atoms with van der Waals surface area (Å²) in [6.45, 7) is 1.99. The van der Waals surface area contributed by atoms with E-state index in [1.165, 1.54) is 44.2 Å². The molecule has 0 spiro atoms. The highest BCUT2D eigenvalue weighted by Crippen LogP contribution is 2.31. The van der Waals surface area contributed by atoms with Crippen molar-refractivity contribution in [2.45, 2.75) is 55.6 Å². The second kappa shape index (κ2) is 12.0. The molecule has 0 radical (unpaired) electrons. The van der Waals surface area contributed by atoms with Crippen LogP contribution in [0, 0.1) is 6.92 Å². The highest BCUT2D eigenvalue weighted by atomic mass is 35.5. The lowest BCUT2D eigenvalue weighted by Gasteiger charge is -2.26. The molecule has 0 bridgehead atoms. The van der Waals surface area contributed by atoms with Crippen molar-refractivity contribution in [2.75, 3.05) is 23.1 Å². The van der Waals surface area contributed by atoms with Gasteiger partial charge in [0.2, 0.25) is 5.91 Å². The number of thioether (sulfide) groups is 1. The van der Waals surface area contributed by atoms with Gasteiger partial charge in [0.25, 0.3) is 10.0 Å². The van der Waals surface area contributed by atoms with Crippen LogP contribution in [-0.2, 0) is 14.8 Å². The summed E-state index contributed by atoms with van der Waals surface area (Å²) in [4.78, 5) is 12.8. The normalized spacial score (nSPS) is 14.8. The molecule has 3 rings (SSSR count). The maximum absolute atomic E-state index is 13.4. The van der Waals surface area contributed by atoms with E-state index in [-0.39, 0.29) is 17.3 Å². The number of hydrogen-bond donors (Lipinski definition) is 1. The molecule has 1 saturated carbocycles. The lowest BCUT2D eigenvalue weighted by atomic mass is 10.0. The van der Waals surface area contributed by atoms with Crippen molar-refractivity contribution >= 4 is 45.0 Å². The van der Waals surface area contributed by atoms with Crippen molar-refractivity contribution in [3.05, 3.63) is 59.1 Å². The summed E-state index contributed by atoms with van der Waals surface area (Å²) in [6, 6.07) is 13.2. The Balaban J connectivity index is 1.65. The minimum Gasteiger partial charge on any atom is -0.354 e. The van der Waals surface area contributed by atoms with Gasteiger partial charge in [0, 0.05) is 16.8 Å². The standard InChI is InChI=1S/C24H31ClN2O3S2/c1-19-22(25)14-8-15-23(19)27(32(29,30)21-12-6-3-7-13-21)18-24(28)26-16-9-17-31-20-10-4-2-5-11-20/h3,6-8,12-15,20H,2,4-5,9-11,16-18H2,1H3,(H,26,28). The van der Waals surface area contributed by atoms with Crippen LogP contribution in [0.15, 0.2) is 53.4 Å². The summed E-state index contributed by atoms with van der Waals surface area (Å²) in [5.41, 5.74) is 1.02. The molecular weight excluding hydrogens is 464 g/mol. The van der Waals surface area contributed by atoms with E-state index in [1.807, 2.05) is 11.8 Å². The molecule has 0 unspecified atom stereocenters. The first-order chi connectivity index (χ1) is 15.4. The van der Waals surface area contributed by atoms with Crippen LogP contribution in [0.1, 0.15) is 44.1 Å². The molecule has 1 aliphatic rings. The van der Waals surface area contributed by atoms with Gasteiger partial charge in [-0.05, 0) is 61.8 Å². The van der Waals surface area contributed by atoms with E-state index in [1.54, 1.807) is 43.3 Å². The number of rotatable bonds is 10. The molecule has 0 atom stereocenters. The molecule has 1 N–H and O–H groups in total. The van der Waals surface area contributed by atoms with Gasteiger partial charge in [0.1, 0.15) is 6.54 Å². The van der Waals surface area contributed by atoms with E-state index in [0.29, 0.717) is 22.8 Å². The van der Waals surface area contributed by atoms with Crippen molar-refractivity contribution < 1.29 is 13.2 Å². The Morgan fingerprint density at radius 3 is 2.53 bits per heavy atom. The van der Waals surface area contributed by atoms with Crippen LogP contribution < -0.4 is 9.62 Å². The second-order valence-corrected chi connectivity index (χ2v) is 11.7. The zero-order valence-corrected chi connectivity index (χ0v) is 20.8. The Morgan fingerprint density at radius 2 is 1.81 bits per heavy atom. The number of anilines is 1. The van der Waals surface area contributed by atoms with Gasteiger partial charge in [0.15, 0.2) is 0 Å². The predicted octanol–water partition coefficient (Wildman–Crippen LogP) is 5.42. The predicted molar refractivity (Wildman–Crippen MR) is 134 cm³/mol. The minimum atomic E-state index is -3.93. The van der Waals surface area contributed by atoms with Crippen molar-refractivity contribution in [3.63, 3.8) is 0 Å². The van der Waals surface area contributed by atoms with Crippen molar-refractivity contribution in [1.82, 2.24) is 5.32 Å². The van der Waals surface area contributed by atoms with Gasteiger partial charge in [-0.2, -0.15) is 11.8 Å². The SMILES string of the molecule is Cc1c(Cl)cccc1N(CC(=O)NCCCSC1CCCCC1)S(=O)(=O)c1ccccc1. The molecular formula is C24H31ClN2O3S2. The summed E-state index contributed by atoms with van der Waals surface area (Å²) in [5, 5.41) is 4.09. The van der Waals surface area contributed by atoms with E-state index in [2.05, 4.69) is 5.32 Å². The summed E-state index contributed by atoms with van der Waals surface area (Å²) >= 11 is 8.24. The number of halogens is 1. The third-order valence-electron chi connectivity index (χ3n) is 5.68. The Morgan fingerprint density at radius 1 is 1.09 bits per heavy atom. The quantitative estimate of drug-likeness (QED) is 0.448. The molecule has 5 nitrogen and oxygen atoms in total. The molecule has 2 aromatic carbocycles. The van der Waals surface area contributed by atoms with Gasteiger partial charge < -0.3 is 5.32 Å². The molecule has 1 fully saturated rings. The zero-order valence-electron chi connectivity index (χ0n) is 18.4. The van der Waals surface area contributed by atoms with E-state index >= 15 is 0 Å². The topological polar surface area (TPSA) is 66.5 Å². The van der Waals surface area contributed by atoms with Crippen molar-refractivity contribution in [2.24, 2.45) is 0 Å². The number of sulfonamides is 1.